The van der Waals surface area contributed by atoms with E-state index in [1.165, 1.54) is 0 Å². The van der Waals surface area contributed by atoms with Crippen LogP contribution in [-0.4, -0.2) is 5.11 Å². The zero-order valence-electron chi connectivity index (χ0n) is 9.73. The van der Waals surface area contributed by atoms with E-state index in [1.54, 1.807) is 31.2 Å². The van der Waals surface area contributed by atoms with Crippen molar-refractivity contribution in [1.29, 1.82) is 0 Å². The number of hydrogen-bond donors (Lipinski definition) is 1. The Hall–Kier alpha value is -1.39. The van der Waals surface area contributed by atoms with Crippen LogP contribution in [0.3, 0.4) is 0 Å². The van der Waals surface area contributed by atoms with Gasteiger partial charge in [-0.2, -0.15) is 0 Å². The number of benzene rings is 2. The van der Waals surface area contributed by atoms with Gasteiger partial charge in [0.25, 0.3) is 0 Å². The summed E-state index contributed by atoms with van der Waals surface area (Å²) in [6.45, 7) is 1.64. The molecule has 0 amide bonds. The average Bonchev–Trinajstić information content (AvgIpc) is 2.34. The highest BCUT2D eigenvalue weighted by molar-refractivity contribution is 7.99. The van der Waals surface area contributed by atoms with Gasteiger partial charge in [0.2, 0.25) is 0 Å². The van der Waals surface area contributed by atoms with Crippen molar-refractivity contribution in [2.24, 2.45) is 0 Å². The smallest absolute Gasteiger partial charge is 0.137 e. The predicted octanol–water partition coefficient (Wildman–Crippen LogP) is 4.17. The summed E-state index contributed by atoms with van der Waals surface area (Å²) in [6.07, 6.45) is -0.648. The lowest BCUT2D eigenvalue weighted by Gasteiger charge is -2.11. The predicted molar refractivity (Wildman–Crippen MR) is 67.6 cm³/mol. The molecule has 0 aromatic heterocycles. The van der Waals surface area contributed by atoms with Gasteiger partial charge in [0, 0.05) is 4.90 Å². The first kappa shape index (κ1) is 13.1. The molecule has 0 unspecified atom stereocenters. The third-order valence-corrected chi connectivity index (χ3v) is 3.61. The summed E-state index contributed by atoms with van der Waals surface area (Å²) in [5.74, 6) is -0.949. The average molecular weight is 266 g/mol. The molecular weight excluding hydrogens is 254 g/mol. The lowest BCUT2D eigenvalue weighted by molar-refractivity contribution is 0.196. The molecule has 2 rings (SSSR count). The fraction of sp³-hybridized carbons (Fsp3) is 0.143. The fourth-order valence-electron chi connectivity index (χ4n) is 1.59. The Morgan fingerprint density at radius 2 is 1.78 bits per heavy atom. The number of rotatable bonds is 3. The van der Waals surface area contributed by atoms with Crippen molar-refractivity contribution in [1.82, 2.24) is 0 Å². The maximum Gasteiger partial charge on any atom is 0.137 e. The van der Waals surface area contributed by atoms with Crippen molar-refractivity contribution in [3.05, 3.63) is 59.7 Å². The largest absolute Gasteiger partial charge is 0.389 e. The summed E-state index contributed by atoms with van der Waals surface area (Å²) >= 11 is 1.11. The lowest BCUT2D eigenvalue weighted by Crippen LogP contribution is -1.94. The number of hydrogen-bond acceptors (Lipinski definition) is 2. The van der Waals surface area contributed by atoms with Gasteiger partial charge in [-0.15, -0.1) is 0 Å². The first-order chi connectivity index (χ1) is 8.58. The second-order valence-electron chi connectivity index (χ2n) is 3.89. The highest BCUT2D eigenvalue weighted by Crippen LogP contribution is 2.34. The summed E-state index contributed by atoms with van der Waals surface area (Å²) in [4.78, 5) is 0.931. The molecule has 0 saturated heterocycles. The van der Waals surface area contributed by atoms with Crippen LogP contribution in [0.5, 0.6) is 0 Å². The summed E-state index contributed by atoms with van der Waals surface area (Å²) in [6, 6.07) is 10.5. The van der Waals surface area contributed by atoms with Crippen molar-refractivity contribution in [2.75, 3.05) is 0 Å². The van der Waals surface area contributed by atoms with Crippen LogP contribution in [0.2, 0.25) is 0 Å². The standard InChI is InChI=1S/C14H12F2OS/c1-9(17)11-4-2-3-5-13(11)18-14-8-10(15)6-7-12(14)16/h2-9,17H,1H3/t9-/m1/s1. The molecule has 18 heavy (non-hydrogen) atoms. The minimum atomic E-state index is -0.648. The molecule has 0 bridgehead atoms. The van der Waals surface area contributed by atoms with Gasteiger partial charge in [0.05, 0.1) is 11.0 Å². The molecule has 1 N–H and O–H groups in total. The van der Waals surface area contributed by atoms with Crippen LogP contribution in [0.25, 0.3) is 0 Å². The van der Waals surface area contributed by atoms with Gasteiger partial charge in [-0.1, -0.05) is 30.0 Å². The van der Waals surface area contributed by atoms with Crippen molar-refractivity contribution < 1.29 is 13.9 Å². The lowest BCUT2D eigenvalue weighted by atomic mass is 10.1. The van der Waals surface area contributed by atoms with E-state index >= 15 is 0 Å². The molecule has 0 aliphatic carbocycles. The molecule has 0 spiro atoms. The molecule has 1 nitrogen and oxygen atoms in total. The molecule has 2 aromatic rings. The number of aliphatic hydroxyl groups excluding tert-OH is 1. The van der Waals surface area contributed by atoms with Crippen LogP contribution in [0, 0.1) is 11.6 Å². The highest BCUT2D eigenvalue weighted by atomic mass is 32.2. The first-order valence-corrected chi connectivity index (χ1v) is 6.29. The third kappa shape index (κ3) is 2.89. The van der Waals surface area contributed by atoms with Crippen molar-refractivity contribution in [3.63, 3.8) is 0 Å². The van der Waals surface area contributed by atoms with Crippen LogP contribution < -0.4 is 0 Å². The Balaban J connectivity index is 2.37. The Labute approximate surface area is 108 Å². The topological polar surface area (TPSA) is 20.2 Å². The molecule has 0 aliphatic heterocycles. The molecule has 2 aromatic carbocycles. The molecule has 0 radical (unpaired) electrons. The van der Waals surface area contributed by atoms with Crippen LogP contribution in [0.1, 0.15) is 18.6 Å². The minimum Gasteiger partial charge on any atom is -0.389 e. The van der Waals surface area contributed by atoms with Crippen molar-refractivity contribution >= 4 is 11.8 Å². The molecule has 0 saturated carbocycles. The van der Waals surface area contributed by atoms with Gasteiger partial charge in [0.15, 0.2) is 0 Å². The molecular formula is C14H12F2OS. The highest BCUT2D eigenvalue weighted by Gasteiger charge is 2.11. The minimum absolute atomic E-state index is 0.211. The fourth-order valence-corrected chi connectivity index (χ4v) is 2.67. The first-order valence-electron chi connectivity index (χ1n) is 5.48. The monoisotopic (exact) mass is 266 g/mol. The quantitative estimate of drug-likeness (QED) is 0.899. The number of halogens is 2. The van der Waals surface area contributed by atoms with E-state index < -0.39 is 17.7 Å². The Kier molecular flexibility index (Phi) is 3.99. The Bertz CT molecular complexity index is 555. The van der Waals surface area contributed by atoms with Crippen molar-refractivity contribution in [3.8, 4) is 0 Å². The summed E-state index contributed by atoms with van der Waals surface area (Å²) in [5, 5.41) is 9.63. The molecule has 0 fully saturated rings. The zero-order chi connectivity index (χ0) is 13.1. The number of aliphatic hydroxyl groups is 1. The van der Waals surface area contributed by atoms with E-state index in [-0.39, 0.29) is 4.90 Å². The van der Waals surface area contributed by atoms with E-state index in [9.17, 15) is 13.9 Å². The SMILES string of the molecule is C[C@@H](O)c1ccccc1Sc1cc(F)ccc1F. The van der Waals surface area contributed by atoms with E-state index in [1.807, 2.05) is 0 Å². The maximum atomic E-state index is 13.5. The second kappa shape index (κ2) is 5.50. The van der Waals surface area contributed by atoms with E-state index in [0.29, 0.717) is 5.56 Å². The van der Waals surface area contributed by atoms with Crippen molar-refractivity contribution in [2.45, 2.75) is 22.8 Å². The van der Waals surface area contributed by atoms with Gasteiger partial charge >= 0.3 is 0 Å². The van der Waals surface area contributed by atoms with Gasteiger partial charge in [0.1, 0.15) is 11.6 Å². The Morgan fingerprint density at radius 1 is 1.06 bits per heavy atom. The molecule has 1 atom stereocenters. The maximum absolute atomic E-state index is 13.5. The summed E-state index contributed by atoms with van der Waals surface area (Å²) < 4.78 is 26.6. The van der Waals surface area contributed by atoms with Gasteiger partial charge in [-0.25, -0.2) is 8.78 Å². The van der Waals surface area contributed by atoms with Crippen LogP contribution >= 0.6 is 11.8 Å². The second-order valence-corrected chi connectivity index (χ2v) is 4.97. The van der Waals surface area contributed by atoms with E-state index in [0.717, 1.165) is 34.9 Å². The molecule has 0 aliphatic rings. The zero-order valence-corrected chi connectivity index (χ0v) is 10.5. The van der Waals surface area contributed by atoms with E-state index in [2.05, 4.69) is 0 Å². The van der Waals surface area contributed by atoms with Gasteiger partial charge in [-0.05, 0) is 36.8 Å². The molecule has 4 heteroatoms. The third-order valence-electron chi connectivity index (χ3n) is 2.48. The normalized spacial score (nSPS) is 12.4. The molecule has 0 heterocycles. The van der Waals surface area contributed by atoms with Crippen LogP contribution in [0.4, 0.5) is 8.78 Å². The molecule has 94 valence electrons. The van der Waals surface area contributed by atoms with Crippen LogP contribution in [-0.2, 0) is 0 Å². The van der Waals surface area contributed by atoms with Gasteiger partial charge in [-0.3, -0.25) is 0 Å². The van der Waals surface area contributed by atoms with E-state index in [4.69, 9.17) is 0 Å². The summed E-state index contributed by atoms with van der Waals surface area (Å²) in [7, 11) is 0. The summed E-state index contributed by atoms with van der Waals surface area (Å²) in [5.41, 5.74) is 0.700. The van der Waals surface area contributed by atoms with Gasteiger partial charge < -0.3 is 5.11 Å². The Morgan fingerprint density at radius 3 is 2.50 bits per heavy atom. The van der Waals surface area contributed by atoms with Crippen LogP contribution in [0.15, 0.2) is 52.3 Å².